The van der Waals surface area contributed by atoms with Gasteiger partial charge >= 0.3 is 0 Å². The van der Waals surface area contributed by atoms with Crippen molar-refractivity contribution in [3.05, 3.63) is 107 Å². The number of rotatable bonds is 5. The van der Waals surface area contributed by atoms with Crippen molar-refractivity contribution < 1.29 is 4.79 Å². The van der Waals surface area contributed by atoms with Gasteiger partial charge in [-0.1, -0.05) is 48.5 Å². The second-order valence-corrected chi connectivity index (χ2v) is 7.88. The second kappa shape index (κ2) is 8.42. The van der Waals surface area contributed by atoms with Crippen molar-refractivity contribution in [2.45, 2.75) is 26.8 Å². The molecule has 30 heavy (non-hydrogen) atoms. The summed E-state index contributed by atoms with van der Waals surface area (Å²) >= 11 is 0. The highest BCUT2D eigenvalue weighted by Crippen LogP contribution is 2.23. The fourth-order valence-electron chi connectivity index (χ4n) is 3.79. The Kier molecular flexibility index (Phi) is 5.53. The molecule has 0 fully saturated rings. The number of hydrogen-bond acceptors (Lipinski definition) is 2. The van der Waals surface area contributed by atoms with E-state index in [9.17, 15) is 4.79 Å². The molecule has 0 aromatic heterocycles. The number of amides is 1. The van der Waals surface area contributed by atoms with E-state index in [4.69, 9.17) is 0 Å². The zero-order valence-corrected chi connectivity index (χ0v) is 17.6. The van der Waals surface area contributed by atoms with Crippen LogP contribution in [-0.4, -0.2) is 5.91 Å². The molecule has 0 aliphatic heterocycles. The van der Waals surface area contributed by atoms with Gasteiger partial charge in [0.2, 0.25) is 0 Å². The van der Waals surface area contributed by atoms with Crippen molar-refractivity contribution in [3.8, 4) is 0 Å². The first kappa shape index (κ1) is 19.7. The van der Waals surface area contributed by atoms with E-state index in [2.05, 4.69) is 73.0 Å². The molecule has 0 bridgehead atoms. The van der Waals surface area contributed by atoms with Crippen molar-refractivity contribution in [2.24, 2.45) is 0 Å². The maximum atomic E-state index is 12.9. The third-order valence-corrected chi connectivity index (χ3v) is 5.26. The fourth-order valence-corrected chi connectivity index (χ4v) is 3.79. The van der Waals surface area contributed by atoms with Crippen molar-refractivity contribution in [2.75, 3.05) is 5.32 Å². The van der Waals surface area contributed by atoms with Crippen LogP contribution in [0.25, 0.3) is 10.8 Å². The Balaban J connectivity index is 1.49. The molecule has 3 heteroatoms. The lowest BCUT2D eigenvalue weighted by atomic mass is 10.0. The molecule has 4 rings (SSSR count). The van der Waals surface area contributed by atoms with E-state index in [0.29, 0.717) is 5.56 Å². The molecular formula is C27H26N2O. The number of hydrogen-bond donors (Lipinski definition) is 2. The number of carbonyl (C=O) groups excluding carboxylic acids is 1. The summed E-state index contributed by atoms with van der Waals surface area (Å²) in [4.78, 5) is 12.9. The minimum Gasteiger partial charge on any atom is -0.355 e. The van der Waals surface area contributed by atoms with E-state index in [1.807, 2.05) is 43.3 Å². The minimum absolute atomic E-state index is 0.0836. The summed E-state index contributed by atoms with van der Waals surface area (Å²) in [5, 5.41) is 8.90. The van der Waals surface area contributed by atoms with Crippen LogP contribution >= 0.6 is 0 Å². The maximum absolute atomic E-state index is 12.9. The van der Waals surface area contributed by atoms with Gasteiger partial charge < -0.3 is 10.6 Å². The van der Waals surface area contributed by atoms with Gasteiger partial charge in [0, 0.05) is 16.9 Å². The van der Waals surface area contributed by atoms with Crippen molar-refractivity contribution >= 4 is 28.1 Å². The third-order valence-electron chi connectivity index (χ3n) is 5.26. The van der Waals surface area contributed by atoms with Gasteiger partial charge in [-0.25, -0.2) is 0 Å². The molecule has 4 aromatic carbocycles. The Morgan fingerprint density at radius 3 is 2.23 bits per heavy atom. The van der Waals surface area contributed by atoms with Gasteiger partial charge in [0.15, 0.2) is 0 Å². The second-order valence-electron chi connectivity index (χ2n) is 7.88. The summed E-state index contributed by atoms with van der Waals surface area (Å²) in [6.45, 7) is 6.17. The van der Waals surface area contributed by atoms with Crippen LogP contribution in [0, 0.1) is 13.8 Å². The predicted molar refractivity (Wildman–Crippen MR) is 125 cm³/mol. The van der Waals surface area contributed by atoms with Gasteiger partial charge in [-0.05, 0) is 84.6 Å². The summed E-state index contributed by atoms with van der Waals surface area (Å²) in [7, 11) is 0. The molecule has 2 N–H and O–H groups in total. The number of benzene rings is 4. The molecule has 0 radical (unpaired) electrons. The van der Waals surface area contributed by atoms with Gasteiger partial charge in [-0.3, -0.25) is 4.79 Å². The largest absolute Gasteiger partial charge is 0.355 e. The van der Waals surface area contributed by atoms with Crippen LogP contribution in [0.1, 0.15) is 40.0 Å². The van der Waals surface area contributed by atoms with Crippen molar-refractivity contribution in [1.82, 2.24) is 5.32 Å². The Hall–Kier alpha value is -3.59. The summed E-state index contributed by atoms with van der Waals surface area (Å²) in [6.07, 6.45) is 0. The van der Waals surface area contributed by atoms with Crippen LogP contribution in [0.5, 0.6) is 0 Å². The van der Waals surface area contributed by atoms with Gasteiger partial charge in [0.1, 0.15) is 0 Å². The van der Waals surface area contributed by atoms with E-state index in [0.717, 1.165) is 16.9 Å². The average Bonchev–Trinajstić information content (AvgIpc) is 2.72. The third kappa shape index (κ3) is 4.52. The quantitative estimate of drug-likeness (QED) is 0.396. The van der Waals surface area contributed by atoms with Crippen molar-refractivity contribution in [1.29, 1.82) is 0 Å². The highest BCUT2D eigenvalue weighted by atomic mass is 16.1. The molecular weight excluding hydrogens is 368 g/mol. The molecule has 150 valence electrons. The van der Waals surface area contributed by atoms with Crippen molar-refractivity contribution in [3.63, 3.8) is 0 Å². The van der Waals surface area contributed by atoms with Gasteiger partial charge in [-0.2, -0.15) is 0 Å². The molecule has 1 amide bonds. The predicted octanol–water partition coefficient (Wildman–Crippen LogP) is 6.69. The summed E-state index contributed by atoms with van der Waals surface area (Å²) in [5.74, 6) is -0.0836. The van der Waals surface area contributed by atoms with Crippen LogP contribution in [0.2, 0.25) is 0 Å². The number of anilines is 2. The molecule has 0 aliphatic rings. The fraction of sp³-hybridized carbons (Fsp3) is 0.148. The van der Waals surface area contributed by atoms with Gasteiger partial charge in [-0.15, -0.1) is 0 Å². The molecule has 1 atom stereocenters. The first-order chi connectivity index (χ1) is 14.5. The first-order valence-corrected chi connectivity index (χ1v) is 10.2. The Bertz CT molecular complexity index is 1190. The van der Waals surface area contributed by atoms with Gasteiger partial charge in [0.05, 0.1) is 6.04 Å². The van der Waals surface area contributed by atoms with Crippen LogP contribution in [0.15, 0.2) is 84.9 Å². The highest BCUT2D eigenvalue weighted by molar-refractivity contribution is 5.95. The van der Waals surface area contributed by atoms with E-state index in [1.165, 1.54) is 21.9 Å². The lowest BCUT2D eigenvalue weighted by molar-refractivity contribution is 0.0940. The highest BCUT2D eigenvalue weighted by Gasteiger charge is 2.12. The Morgan fingerprint density at radius 1 is 0.733 bits per heavy atom. The van der Waals surface area contributed by atoms with Crippen LogP contribution in [0.4, 0.5) is 11.4 Å². The zero-order chi connectivity index (χ0) is 21.1. The molecule has 0 aliphatic carbocycles. The minimum atomic E-state index is -0.0851. The first-order valence-electron chi connectivity index (χ1n) is 10.2. The monoisotopic (exact) mass is 394 g/mol. The number of carbonyl (C=O) groups is 1. The van der Waals surface area contributed by atoms with Crippen LogP contribution < -0.4 is 10.6 Å². The van der Waals surface area contributed by atoms with E-state index in [-0.39, 0.29) is 11.9 Å². The van der Waals surface area contributed by atoms with E-state index < -0.39 is 0 Å². The molecule has 0 heterocycles. The molecule has 0 saturated carbocycles. The normalized spacial score (nSPS) is 11.8. The SMILES string of the molecule is Cc1cc(C)cc(Nc2cccc(C(=O)N[C@H](C)c3ccc4ccccc4c3)c2)c1. The number of nitrogens with one attached hydrogen (secondary N) is 2. The molecule has 0 saturated heterocycles. The average molecular weight is 395 g/mol. The van der Waals surface area contributed by atoms with E-state index >= 15 is 0 Å². The topological polar surface area (TPSA) is 41.1 Å². The molecule has 4 aromatic rings. The van der Waals surface area contributed by atoms with Crippen LogP contribution in [-0.2, 0) is 0 Å². The summed E-state index contributed by atoms with van der Waals surface area (Å²) in [6, 6.07) is 28.4. The smallest absolute Gasteiger partial charge is 0.251 e. The number of aryl methyl sites for hydroxylation is 2. The Labute approximate surface area is 177 Å². The molecule has 0 unspecified atom stereocenters. The molecule has 3 nitrogen and oxygen atoms in total. The van der Waals surface area contributed by atoms with E-state index in [1.54, 1.807) is 0 Å². The summed E-state index contributed by atoms with van der Waals surface area (Å²) in [5.41, 5.74) is 6.05. The molecule has 0 spiro atoms. The van der Waals surface area contributed by atoms with Crippen LogP contribution in [0.3, 0.4) is 0 Å². The standard InChI is InChI=1S/C27H26N2O/c1-18-13-19(2)15-26(14-18)29-25-10-6-9-24(17-25)27(30)28-20(3)22-12-11-21-7-4-5-8-23(21)16-22/h4-17,20,29H,1-3H3,(H,28,30)/t20-/m1/s1. The lowest BCUT2D eigenvalue weighted by Crippen LogP contribution is -2.26. The Morgan fingerprint density at radius 2 is 1.47 bits per heavy atom. The number of fused-ring (bicyclic) bond motifs is 1. The summed E-state index contributed by atoms with van der Waals surface area (Å²) < 4.78 is 0. The maximum Gasteiger partial charge on any atom is 0.251 e. The van der Waals surface area contributed by atoms with Gasteiger partial charge in [0.25, 0.3) is 5.91 Å². The zero-order valence-electron chi connectivity index (χ0n) is 17.6. The lowest BCUT2D eigenvalue weighted by Gasteiger charge is -2.16.